The van der Waals surface area contributed by atoms with Gasteiger partial charge in [0.05, 0.1) is 11.2 Å². The van der Waals surface area contributed by atoms with Crippen molar-refractivity contribution in [3.8, 4) is 11.3 Å². The van der Waals surface area contributed by atoms with Gasteiger partial charge in [0.2, 0.25) is 5.91 Å². The Morgan fingerprint density at radius 1 is 1.00 bits per heavy atom. The summed E-state index contributed by atoms with van der Waals surface area (Å²) in [6.45, 7) is 1.58. The molecule has 3 N–H and O–H groups in total. The second kappa shape index (κ2) is 9.77. The maximum absolute atomic E-state index is 14.1. The summed E-state index contributed by atoms with van der Waals surface area (Å²) in [5.74, 6) is -0.894. The molecule has 1 saturated heterocycles. The molecule has 0 unspecified atom stereocenters. The fraction of sp³-hybridized carbons (Fsp3) is 0.400. The van der Waals surface area contributed by atoms with E-state index < -0.39 is 11.6 Å². The number of carbonyl (C=O) groups excluding carboxylic acids is 1. The van der Waals surface area contributed by atoms with Crippen LogP contribution >= 0.6 is 0 Å². The maximum atomic E-state index is 14.1. The molecule has 0 spiro atoms. The molecule has 2 aliphatic rings. The van der Waals surface area contributed by atoms with Crippen molar-refractivity contribution in [3.05, 3.63) is 59.4 Å². The van der Waals surface area contributed by atoms with E-state index in [1.54, 1.807) is 12.1 Å². The highest BCUT2D eigenvalue weighted by atomic mass is 19.1. The van der Waals surface area contributed by atoms with Crippen LogP contribution in [0.25, 0.3) is 22.2 Å². The predicted octanol–water partition coefficient (Wildman–Crippen LogP) is 5.81. The lowest BCUT2D eigenvalue weighted by Crippen LogP contribution is -2.22. The normalized spacial score (nSPS) is 17.0. The van der Waals surface area contributed by atoms with E-state index in [0.29, 0.717) is 29.2 Å². The summed E-state index contributed by atoms with van der Waals surface area (Å²) in [6.07, 6.45) is 5.66. The van der Waals surface area contributed by atoms with Gasteiger partial charge in [-0.15, -0.1) is 0 Å². The largest absolute Gasteiger partial charge is 0.381 e. The minimum absolute atomic E-state index is 0.188. The van der Waals surface area contributed by atoms with Crippen molar-refractivity contribution in [2.75, 3.05) is 13.2 Å². The van der Waals surface area contributed by atoms with E-state index in [2.05, 4.69) is 4.98 Å². The molecule has 0 radical (unpaired) electrons. The number of hydrogen-bond donors (Lipinski definition) is 2. The number of aromatic amines is 1. The quantitative estimate of drug-likeness (QED) is 0.533. The molecule has 1 amide bonds. The van der Waals surface area contributed by atoms with Crippen molar-refractivity contribution >= 4 is 16.8 Å². The minimum atomic E-state index is -0.594. The zero-order valence-corrected chi connectivity index (χ0v) is 17.8. The van der Waals surface area contributed by atoms with Crippen molar-refractivity contribution in [3.63, 3.8) is 0 Å². The monoisotopic (exact) mass is 444 g/mol. The molecular weight excluding hydrogens is 417 g/mol. The van der Waals surface area contributed by atoms with Crippen molar-refractivity contribution in [2.24, 2.45) is 11.7 Å². The number of halogens is 3. The Morgan fingerprint density at radius 3 is 2.28 bits per heavy atom. The molecular formula is C25H27F3N2O2. The van der Waals surface area contributed by atoms with Gasteiger partial charge in [0.25, 0.3) is 0 Å². The third kappa shape index (κ3) is 4.99. The fourth-order valence-electron chi connectivity index (χ4n) is 4.44. The first-order valence-corrected chi connectivity index (χ1v) is 11.0. The smallest absolute Gasteiger partial charge is 0.217 e. The molecule has 1 aromatic heterocycles. The van der Waals surface area contributed by atoms with Gasteiger partial charge < -0.3 is 15.5 Å². The van der Waals surface area contributed by atoms with E-state index in [9.17, 15) is 18.0 Å². The zero-order valence-electron chi connectivity index (χ0n) is 17.8. The standard InChI is InChI=1S/C18H14F3N.C7H13NO2/c19-12-6-4-11(5-7-12)17-16(10-2-1-3-10)14-8-13(20)9-15(21)18(14)22-17;8-7(9)5-6-1-3-10-4-2-6/h4-10,22H,1-3H2;6H,1-5H2,(H2,8,9). The summed E-state index contributed by atoms with van der Waals surface area (Å²) in [5, 5.41) is 0.599. The van der Waals surface area contributed by atoms with Gasteiger partial charge in [-0.1, -0.05) is 6.42 Å². The van der Waals surface area contributed by atoms with Gasteiger partial charge in [-0.05, 0) is 79.0 Å². The molecule has 2 aromatic carbocycles. The van der Waals surface area contributed by atoms with Gasteiger partial charge in [0.15, 0.2) is 0 Å². The highest BCUT2D eigenvalue weighted by Gasteiger charge is 2.27. The van der Waals surface area contributed by atoms with Gasteiger partial charge in [0.1, 0.15) is 17.5 Å². The van der Waals surface area contributed by atoms with Crippen LogP contribution in [-0.2, 0) is 9.53 Å². The van der Waals surface area contributed by atoms with Gasteiger partial charge in [-0.2, -0.15) is 0 Å². The second-order valence-corrected chi connectivity index (χ2v) is 8.58. The summed E-state index contributed by atoms with van der Waals surface area (Å²) < 4.78 is 46.0. The van der Waals surface area contributed by atoms with Crippen LogP contribution in [-0.4, -0.2) is 24.1 Å². The predicted molar refractivity (Wildman–Crippen MR) is 118 cm³/mol. The number of ether oxygens (including phenoxy) is 1. The molecule has 7 heteroatoms. The Labute approximate surface area is 184 Å². The molecule has 2 fully saturated rings. The van der Waals surface area contributed by atoms with Gasteiger partial charge in [0, 0.05) is 31.1 Å². The number of aromatic nitrogens is 1. The summed E-state index contributed by atoms with van der Waals surface area (Å²) >= 11 is 0. The number of primary amides is 1. The third-order valence-corrected chi connectivity index (χ3v) is 6.34. The number of hydrogen-bond acceptors (Lipinski definition) is 2. The highest BCUT2D eigenvalue weighted by Crippen LogP contribution is 2.45. The second-order valence-electron chi connectivity index (χ2n) is 8.58. The Kier molecular flexibility index (Phi) is 6.84. The molecule has 1 saturated carbocycles. The minimum Gasteiger partial charge on any atom is -0.381 e. The molecule has 170 valence electrons. The summed E-state index contributed by atoms with van der Waals surface area (Å²) in [5.41, 5.74) is 7.87. The maximum Gasteiger partial charge on any atom is 0.217 e. The number of amides is 1. The molecule has 4 nitrogen and oxygen atoms in total. The average Bonchev–Trinajstić information content (AvgIpc) is 3.08. The number of nitrogens with one attached hydrogen (secondary N) is 1. The molecule has 32 heavy (non-hydrogen) atoms. The molecule has 3 aromatic rings. The fourth-order valence-corrected chi connectivity index (χ4v) is 4.44. The van der Waals surface area contributed by atoms with Crippen molar-refractivity contribution in [1.29, 1.82) is 0 Å². The number of nitrogens with two attached hydrogens (primary N) is 1. The molecule has 1 aliphatic carbocycles. The van der Waals surface area contributed by atoms with Crippen LogP contribution in [0.5, 0.6) is 0 Å². The van der Waals surface area contributed by atoms with Gasteiger partial charge in [-0.3, -0.25) is 4.79 Å². The van der Waals surface area contributed by atoms with Crippen LogP contribution < -0.4 is 5.73 Å². The Hall–Kier alpha value is -2.80. The molecule has 1 aliphatic heterocycles. The van der Waals surface area contributed by atoms with E-state index in [1.165, 1.54) is 18.2 Å². The van der Waals surface area contributed by atoms with Crippen molar-refractivity contribution < 1.29 is 22.7 Å². The van der Waals surface area contributed by atoms with Crippen LogP contribution in [0.2, 0.25) is 0 Å². The SMILES string of the molecule is Fc1ccc(-c2[nH]c3c(F)cc(F)cc3c2C2CCC2)cc1.NC(=O)CC1CCOCC1. The first-order valence-electron chi connectivity index (χ1n) is 11.0. The first-order chi connectivity index (χ1) is 15.4. The number of rotatable bonds is 4. The van der Waals surface area contributed by atoms with E-state index in [0.717, 1.165) is 68.2 Å². The van der Waals surface area contributed by atoms with Crippen LogP contribution in [0.15, 0.2) is 36.4 Å². The van der Waals surface area contributed by atoms with E-state index in [4.69, 9.17) is 10.5 Å². The Balaban J connectivity index is 0.000000207. The lowest BCUT2D eigenvalue weighted by Gasteiger charge is -2.26. The summed E-state index contributed by atoms with van der Waals surface area (Å²) in [6, 6.07) is 8.35. The van der Waals surface area contributed by atoms with Gasteiger partial charge in [-0.25, -0.2) is 13.2 Å². The lowest BCUT2D eigenvalue weighted by atomic mass is 9.78. The zero-order chi connectivity index (χ0) is 22.7. The first kappa shape index (κ1) is 22.4. The summed E-state index contributed by atoms with van der Waals surface area (Å²) in [4.78, 5) is 13.5. The third-order valence-electron chi connectivity index (χ3n) is 6.34. The number of H-pyrrole nitrogens is 1. The molecule has 5 rings (SSSR count). The van der Waals surface area contributed by atoms with Crippen LogP contribution in [0.3, 0.4) is 0 Å². The van der Waals surface area contributed by atoms with Crippen molar-refractivity contribution in [1.82, 2.24) is 4.98 Å². The molecule has 0 bridgehead atoms. The lowest BCUT2D eigenvalue weighted by molar-refractivity contribution is -0.119. The molecule has 0 atom stereocenters. The highest BCUT2D eigenvalue weighted by molar-refractivity contribution is 5.92. The average molecular weight is 444 g/mol. The number of fused-ring (bicyclic) bond motifs is 1. The Morgan fingerprint density at radius 2 is 1.69 bits per heavy atom. The van der Waals surface area contributed by atoms with Crippen LogP contribution in [0, 0.1) is 23.4 Å². The number of benzene rings is 2. The van der Waals surface area contributed by atoms with Crippen molar-refractivity contribution in [2.45, 2.75) is 44.4 Å². The summed E-state index contributed by atoms with van der Waals surface area (Å²) in [7, 11) is 0. The van der Waals surface area contributed by atoms with E-state index in [-0.39, 0.29) is 11.7 Å². The van der Waals surface area contributed by atoms with Crippen LogP contribution in [0.4, 0.5) is 13.2 Å². The Bertz CT molecular complexity index is 1080. The topological polar surface area (TPSA) is 68.1 Å². The molecule has 2 heterocycles. The van der Waals surface area contributed by atoms with E-state index >= 15 is 0 Å². The van der Waals surface area contributed by atoms with Crippen LogP contribution in [0.1, 0.15) is 50.0 Å². The number of carbonyl (C=O) groups is 1. The van der Waals surface area contributed by atoms with Gasteiger partial charge >= 0.3 is 0 Å². The van der Waals surface area contributed by atoms with E-state index in [1.807, 2.05) is 0 Å².